The lowest BCUT2D eigenvalue weighted by Gasteiger charge is -1.96. The van der Waals surface area contributed by atoms with E-state index < -0.39 is 22.8 Å². The summed E-state index contributed by atoms with van der Waals surface area (Å²) in [7, 11) is 0. The highest BCUT2D eigenvalue weighted by Crippen LogP contribution is 2.10. The number of hydrogen-bond donors (Lipinski definition) is 1. The van der Waals surface area contributed by atoms with Gasteiger partial charge in [0.05, 0.1) is 0 Å². The summed E-state index contributed by atoms with van der Waals surface area (Å²) in [6, 6.07) is 0. The fraction of sp³-hybridized carbons (Fsp3) is 0.667. The zero-order chi connectivity index (χ0) is 6.78. The number of rotatable bonds is 2. The van der Waals surface area contributed by atoms with E-state index in [-0.39, 0.29) is 0 Å². The van der Waals surface area contributed by atoms with Crippen molar-refractivity contribution in [2.75, 3.05) is 5.75 Å². The third kappa shape index (κ3) is 5.84. The van der Waals surface area contributed by atoms with Crippen LogP contribution in [0.15, 0.2) is 0 Å². The molecule has 0 saturated carbocycles. The minimum Gasteiger partial charge on any atom is -0.306 e. The van der Waals surface area contributed by atoms with Crippen LogP contribution in [0.2, 0.25) is 0 Å². The van der Waals surface area contributed by atoms with Crippen LogP contribution in [0.5, 0.6) is 0 Å². The van der Waals surface area contributed by atoms with Gasteiger partial charge in [-0.3, -0.25) is 0 Å². The number of halogens is 2. The minimum absolute atomic E-state index is 1.09. The van der Waals surface area contributed by atoms with Crippen LogP contribution in [0.25, 0.3) is 0 Å². The van der Waals surface area contributed by atoms with Crippen molar-refractivity contribution in [1.82, 2.24) is 0 Å². The summed E-state index contributed by atoms with van der Waals surface area (Å²) in [5, 5.41) is 0. The molecule has 0 aromatic carbocycles. The zero-order valence-corrected chi connectivity index (χ0v) is 4.75. The lowest BCUT2D eigenvalue weighted by atomic mass is 10.5. The monoisotopic (exact) mass is 143 g/mol. The molecule has 1 unspecified atom stereocenters. The molecule has 0 radical (unpaired) electrons. The molecule has 0 spiro atoms. The van der Waals surface area contributed by atoms with Gasteiger partial charge in [0.2, 0.25) is 0 Å². The Morgan fingerprint density at radius 3 is 2.12 bits per heavy atom. The predicted molar refractivity (Wildman–Crippen MR) is 25.9 cm³/mol. The van der Waals surface area contributed by atoms with Crippen LogP contribution in [-0.4, -0.2) is 20.4 Å². The molecular formula is C3H5F2O2S+. The van der Waals surface area contributed by atoms with Crippen LogP contribution in [0, 0.1) is 6.92 Å². The van der Waals surface area contributed by atoms with Crippen LogP contribution >= 0.6 is 0 Å². The summed E-state index contributed by atoms with van der Waals surface area (Å²) in [5.41, 5.74) is 0. The lowest BCUT2D eigenvalue weighted by Crippen LogP contribution is -2.19. The van der Waals surface area contributed by atoms with Crippen molar-refractivity contribution < 1.29 is 17.5 Å². The maximum Gasteiger partial charge on any atom is 0.397 e. The highest BCUT2D eigenvalue weighted by molar-refractivity contribution is 7.79. The fourth-order valence-electron chi connectivity index (χ4n) is 0.181. The first kappa shape index (κ1) is 7.84. The topological polar surface area (TPSA) is 37.3 Å². The number of hydrogen-bond acceptors (Lipinski definition) is 1. The summed E-state index contributed by atoms with van der Waals surface area (Å²) in [6.07, 6.45) is 0. The van der Waals surface area contributed by atoms with Crippen LogP contribution in [0.4, 0.5) is 8.78 Å². The molecule has 8 heavy (non-hydrogen) atoms. The molecule has 0 fully saturated rings. The maximum atomic E-state index is 11.5. The molecule has 48 valence electrons. The number of alkyl halides is 2. The van der Waals surface area contributed by atoms with Gasteiger partial charge in [0.25, 0.3) is 0 Å². The van der Waals surface area contributed by atoms with E-state index in [0.717, 1.165) is 0 Å². The van der Waals surface area contributed by atoms with E-state index in [2.05, 4.69) is 6.92 Å². The summed E-state index contributed by atoms with van der Waals surface area (Å²) >= 11 is -2.45. The minimum atomic E-state index is -3.28. The zero-order valence-electron chi connectivity index (χ0n) is 3.93. The molecule has 1 atom stereocenters. The van der Waals surface area contributed by atoms with Crippen LogP contribution < -0.4 is 0 Å². The van der Waals surface area contributed by atoms with Crippen molar-refractivity contribution in [2.24, 2.45) is 0 Å². The van der Waals surface area contributed by atoms with E-state index >= 15 is 0 Å². The third-order valence-electron chi connectivity index (χ3n) is 0.335. The van der Waals surface area contributed by atoms with E-state index in [1.165, 1.54) is 0 Å². The molecule has 0 aromatic heterocycles. The molecule has 5 heteroatoms. The molecule has 0 bridgehead atoms. The van der Waals surface area contributed by atoms with Crippen molar-refractivity contribution in [3.8, 4) is 0 Å². The summed E-state index contributed by atoms with van der Waals surface area (Å²) in [4.78, 5) is 0. The molecule has 0 heterocycles. The van der Waals surface area contributed by atoms with E-state index in [0.29, 0.717) is 0 Å². The summed E-state index contributed by atoms with van der Waals surface area (Å²) in [5.74, 6) is -4.37. The van der Waals surface area contributed by atoms with Crippen molar-refractivity contribution in [1.29, 1.82) is 0 Å². The Morgan fingerprint density at radius 1 is 1.75 bits per heavy atom. The average Bonchev–Trinajstić information content (AvgIpc) is 1.21. The summed E-state index contributed by atoms with van der Waals surface area (Å²) in [6.45, 7) is 2.32. The standard InChI is InChI=1S/C3H4F2O2S/c1-3(4,5)2-8(6)7/h1-2H2/p+1. The van der Waals surface area contributed by atoms with Crippen molar-refractivity contribution >= 4 is 11.1 Å². The van der Waals surface area contributed by atoms with Crippen LogP contribution in [0.3, 0.4) is 0 Å². The lowest BCUT2D eigenvalue weighted by molar-refractivity contribution is 0.0774. The van der Waals surface area contributed by atoms with Gasteiger partial charge >= 0.3 is 5.92 Å². The first-order valence-electron chi connectivity index (χ1n) is 1.72. The molecule has 0 aliphatic heterocycles. The predicted octanol–water partition coefficient (Wildman–Crippen LogP) is 0.677. The Hall–Kier alpha value is -0.160. The van der Waals surface area contributed by atoms with E-state index in [9.17, 15) is 13.0 Å². The van der Waals surface area contributed by atoms with Gasteiger partial charge in [0.15, 0.2) is 16.8 Å². The SMILES string of the molecule is [CH2+]C(F)(F)CS(=O)O. The quantitative estimate of drug-likeness (QED) is 0.456. The second-order valence-corrected chi connectivity index (χ2v) is 2.25. The van der Waals surface area contributed by atoms with Crippen molar-refractivity contribution in [3.63, 3.8) is 0 Å². The Bertz CT molecular complexity index is 97.9. The van der Waals surface area contributed by atoms with Gasteiger partial charge in [0, 0.05) is 0 Å². The van der Waals surface area contributed by atoms with E-state index in [4.69, 9.17) is 4.55 Å². The van der Waals surface area contributed by atoms with Gasteiger partial charge in [0.1, 0.15) is 6.92 Å². The van der Waals surface area contributed by atoms with Gasteiger partial charge in [-0.2, -0.15) is 8.78 Å². The normalized spacial score (nSPS) is 15.9. The molecule has 0 aliphatic carbocycles. The smallest absolute Gasteiger partial charge is 0.306 e. The van der Waals surface area contributed by atoms with Gasteiger partial charge in [-0.05, 0) is 0 Å². The molecule has 1 N–H and O–H groups in total. The fourth-order valence-corrected chi connectivity index (χ4v) is 0.542. The molecule has 0 aromatic rings. The van der Waals surface area contributed by atoms with Gasteiger partial charge in [-0.1, -0.05) is 0 Å². The second kappa shape index (κ2) is 2.41. The van der Waals surface area contributed by atoms with Gasteiger partial charge in [-0.15, -0.1) is 0 Å². The molecule has 0 saturated heterocycles. The molecular weight excluding hydrogens is 138 g/mol. The van der Waals surface area contributed by atoms with Gasteiger partial charge < -0.3 is 4.55 Å². The Kier molecular flexibility index (Phi) is 2.36. The summed E-state index contributed by atoms with van der Waals surface area (Å²) < 4.78 is 40.5. The average molecular weight is 143 g/mol. The van der Waals surface area contributed by atoms with Crippen molar-refractivity contribution in [3.05, 3.63) is 6.92 Å². The second-order valence-electron chi connectivity index (χ2n) is 1.32. The molecule has 2 nitrogen and oxygen atoms in total. The van der Waals surface area contributed by atoms with E-state index in [1.807, 2.05) is 0 Å². The highest BCUT2D eigenvalue weighted by Gasteiger charge is 2.32. The first-order valence-corrected chi connectivity index (χ1v) is 3.00. The Labute approximate surface area is 48.2 Å². The van der Waals surface area contributed by atoms with Gasteiger partial charge in [-0.25, -0.2) is 4.21 Å². The Balaban J connectivity index is 3.55. The highest BCUT2D eigenvalue weighted by atomic mass is 32.2. The molecule has 0 amide bonds. The molecule has 0 rings (SSSR count). The Morgan fingerprint density at radius 2 is 2.12 bits per heavy atom. The third-order valence-corrected chi connectivity index (χ3v) is 1.00. The van der Waals surface area contributed by atoms with E-state index in [1.54, 1.807) is 0 Å². The maximum absolute atomic E-state index is 11.5. The van der Waals surface area contributed by atoms with Crippen LogP contribution in [0.1, 0.15) is 0 Å². The molecule has 0 aliphatic rings. The first-order chi connectivity index (χ1) is 3.42. The van der Waals surface area contributed by atoms with Crippen molar-refractivity contribution in [2.45, 2.75) is 5.92 Å². The largest absolute Gasteiger partial charge is 0.397 e. The van der Waals surface area contributed by atoms with Crippen LogP contribution in [-0.2, 0) is 11.1 Å².